The third-order valence-corrected chi connectivity index (χ3v) is 6.85. The van der Waals surface area contributed by atoms with Gasteiger partial charge in [-0.1, -0.05) is 36.3 Å². The number of ketones is 1. The third kappa shape index (κ3) is 5.59. The van der Waals surface area contributed by atoms with Crippen LogP contribution in [0.5, 0.6) is 17.2 Å². The molecule has 42 heavy (non-hydrogen) atoms. The van der Waals surface area contributed by atoms with E-state index in [1.54, 1.807) is 86.4 Å². The van der Waals surface area contributed by atoms with Crippen molar-refractivity contribution in [1.82, 2.24) is 14.3 Å². The number of nitrogens with zero attached hydrogens (tertiary/aromatic N) is 6. The number of Topliss-reactive ketones (excluding diaryl/α,β-unsaturated/α-hetero) is 1. The van der Waals surface area contributed by atoms with Gasteiger partial charge in [0, 0.05) is 41.2 Å². The number of pyridine rings is 1. The summed E-state index contributed by atoms with van der Waals surface area (Å²) >= 11 is 0. The first-order valence-corrected chi connectivity index (χ1v) is 13.1. The van der Waals surface area contributed by atoms with Crippen molar-refractivity contribution in [1.29, 1.82) is 0 Å². The molecule has 5 rings (SSSR count). The predicted molar refractivity (Wildman–Crippen MR) is 156 cm³/mol. The zero-order valence-electron chi connectivity index (χ0n) is 23.2. The van der Waals surface area contributed by atoms with Crippen LogP contribution in [-0.4, -0.2) is 33.3 Å². The highest BCUT2D eigenvalue weighted by Gasteiger charge is 2.25. The minimum atomic E-state index is -0.655. The van der Waals surface area contributed by atoms with Crippen molar-refractivity contribution in [2.45, 2.75) is 32.9 Å². The van der Waals surface area contributed by atoms with Gasteiger partial charge in [0.05, 0.1) is 24.4 Å². The van der Waals surface area contributed by atoms with Gasteiger partial charge in [0.15, 0.2) is 17.3 Å². The summed E-state index contributed by atoms with van der Waals surface area (Å²) < 4.78 is 29.3. The summed E-state index contributed by atoms with van der Waals surface area (Å²) in [5, 5.41) is 4.40. The number of rotatable bonds is 10. The number of aromatic nitrogens is 3. The van der Waals surface area contributed by atoms with E-state index in [0.29, 0.717) is 39.3 Å². The zero-order chi connectivity index (χ0) is 29.8. The van der Waals surface area contributed by atoms with Crippen molar-refractivity contribution in [2.24, 2.45) is 5.11 Å². The van der Waals surface area contributed by atoms with Crippen LogP contribution in [0.1, 0.15) is 28.5 Å². The zero-order valence-corrected chi connectivity index (χ0v) is 23.2. The Hall–Kier alpha value is -5.41. The first-order chi connectivity index (χ1) is 20.3. The van der Waals surface area contributed by atoms with Gasteiger partial charge in [0.1, 0.15) is 17.1 Å². The number of fused-ring (bicyclic) bond motifs is 1. The first kappa shape index (κ1) is 28.1. The Morgan fingerprint density at radius 2 is 1.88 bits per heavy atom. The second kappa shape index (κ2) is 12.0. The molecule has 0 saturated heterocycles. The maximum absolute atomic E-state index is 15.2. The Balaban J connectivity index is 1.43. The Bertz CT molecular complexity index is 1890. The maximum atomic E-state index is 15.2. The molecule has 0 spiro atoms. The molecule has 10 nitrogen and oxygen atoms in total. The summed E-state index contributed by atoms with van der Waals surface area (Å²) in [4.78, 5) is 34.2. The molecule has 2 heterocycles. The van der Waals surface area contributed by atoms with E-state index >= 15 is 4.39 Å². The van der Waals surface area contributed by atoms with E-state index in [2.05, 4.69) is 15.0 Å². The highest BCUT2D eigenvalue weighted by molar-refractivity contribution is 5.98. The number of methoxy groups -OCH3 is 1. The largest absolute Gasteiger partial charge is 0.497 e. The molecule has 0 aliphatic carbocycles. The van der Waals surface area contributed by atoms with Gasteiger partial charge in [-0.05, 0) is 60.5 Å². The third-order valence-electron chi connectivity index (χ3n) is 6.85. The molecule has 212 valence electrons. The normalized spacial score (nSPS) is 11.6. The Morgan fingerprint density at radius 1 is 1.10 bits per heavy atom. The van der Waals surface area contributed by atoms with Crippen molar-refractivity contribution in [3.8, 4) is 22.9 Å². The van der Waals surface area contributed by atoms with E-state index in [9.17, 15) is 9.59 Å². The van der Waals surface area contributed by atoms with Gasteiger partial charge in [-0.2, -0.15) is 0 Å². The van der Waals surface area contributed by atoms with E-state index in [4.69, 9.17) is 15.0 Å². The summed E-state index contributed by atoms with van der Waals surface area (Å²) in [5.74, 6) is -0.0785. The maximum Gasteiger partial charge on any atom is 0.282 e. The van der Waals surface area contributed by atoms with E-state index in [1.807, 2.05) is 6.07 Å². The van der Waals surface area contributed by atoms with Gasteiger partial charge in [-0.3, -0.25) is 19.3 Å². The van der Waals surface area contributed by atoms with E-state index in [1.165, 1.54) is 16.8 Å². The van der Waals surface area contributed by atoms with Crippen LogP contribution in [0, 0.1) is 12.7 Å². The quantitative estimate of drug-likeness (QED) is 0.0819. The molecular weight excluding hydrogens is 539 g/mol. The summed E-state index contributed by atoms with van der Waals surface area (Å²) in [6.07, 6.45) is 1.36. The van der Waals surface area contributed by atoms with Crippen LogP contribution in [0.2, 0.25) is 0 Å². The van der Waals surface area contributed by atoms with Crippen LogP contribution in [0.25, 0.3) is 27.0 Å². The fourth-order valence-corrected chi connectivity index (χ4v) is 4.84. The molecule has 3 aromatic carbocycles. The number of benzene rings is 3. The molecule has 2 aromatic heterocycles. The fourth-order valence-electron chi connectivity index (χ4n) is 4.84. The number of para-hydroxylation sites is 1. The van der Waals surface area contributed by atoms with Crippen LogP contribution in [0.3, 0.4) is 0 Å². The van der Waals surface area contributed by atoms with Crippen molar-refractivity contribution < 1.29 is 18.7 Å². The number of carbonyl (C=O) groups excluding carboxylic acids is 1. The number of halogens is 1. The van der Waals surface area contributed by atoms with Crippen molar-refractivity contribution in [3.05, 3.63) is 122 Å². The molecular formula is C31H27FN6O4. The monoisotopic (exact) mass is 566 g/mol. The van der Waals surface area contributed by atoms with Gasteiger partial charge in [0.2, 0.25) is 0 Å². The molecule has 0 radical (unpaired) electrons. The van der Waals surface area contributed by atoms with Crippen LogP contribution in [0.4, 0.5) is 4.39 Å². The van der Waals surface area contributed by atoms with Crippen molar-refractivity contribution in [2.75, 3.05) is 7.11 Å². The highest BCUT2D eigenvalue weighted by atomic mass is 19.1. The average Bonchev–Trinajstić information content (AvgIpc) is 3.23. The lowest BCUT2D eigenvalue weighted by Gasteiger charge is -2.15. The van der Waals surface area contributed by atoms with E-state index < -0.39 is 23.2 Å². The Kier molecular flexibility index (Phi) is 8.03. The van der Waals surface area contributed by atoms with Crippen LogP contribution in [-0.2, 0) is 13.0 Å². The number of azide groups is 1. The summed E-state index contributed by atoms with van der Waals surface area (Å²) in [7, 11) is 1.56. The number of carbonyl (C=O) groups is 1. The molecule has 0 amide bonds. The van der Waals surface area contributed by atoms with Crippen LogP contribution in [0.15, 0.2) is 88.9 Å². The van der Waals surface area contributed by atoms with Gasteiger partial charge in [-0.25, -0.2) is 9.07 Å². The number of hydrogen-bond acceptors (Lipinski definition) is 6. The molecule has 0 aliphatic heterocycles. The smallest absolute Gasteiger partial charge is 0.282 e. The van der Waals surface area contributed by atoms with Crippen LogP contribution >= 0.6 is 0 Å². The van der Waals surface area contributed by atoms with Crippen molar-refractivity contribution >= 4 is 16.7 Å². The molecule has 0 bridgehead atoms. The van der Waals surface area contributed by atoms with Gasteiger partial charge >= 0.3 is 0 Å². The second-order valence-corrected chi connectivity index (χ2v) is 9.71. The molecule has 0 aliphatic rings. The number of hydrogen-bond donors (Lipinski definition) is 0. The van der Waals surface area contributed by atoms with Gasteiger partial charge in [-0.15, -0.1) is 0 Å². The molecule has 5 aromatic rings. The van der Waals surface area contributed by atoms with Gasteiger partial charge in [0.25, 0.3) is 5.56 Å². The summed E-state index contributed by atoms with van der Waals surface area (Å²) in [6, 6.07) is 19.6. The van der Waals surface area contributed by atoms with E-state index in [0.717, 1.165) is 0 Å². The fraction of sp³-hybridized carbons (Fsp3) is 0.194. The molecule has 0 saturated carbocycles. The van der Waals surface area contributed by atoms with Crippen LogP contribution < -0.4 is 15.0 Å². The topological polar surface area (TPSA) is 124 Å². The van der Waals surface area contributed by atoms with E-state index in [-0.39, 0.29) is 24.3 Å². The lowest BCUT2D eigenvalue weighted by atomic mass is 10.0. The highest BCUT2D eigenvalue weighted by Crippen LogP contribution is 2.32. The Labute approximate surface area is 240 Å². The molecule has 1 atom stereocenters. The first-order valence-electron chi connectivity index (χ1n) is 13.1. The minimum Gasteiger partial charge on any atom is -0.497 e. The summed E-state index contributed by atoms with van der Waals surface area (Å²) in [6.45, 7) is 3.58. The minimum absolute atomic E-state index is 0.00796. The molecule has 11 heteroatoms. The SMILES string of the molecule is COc1ccc2c(Oc3ccc(CC(=O)c4c(C)n(C[C@H](C)N=[N+]=[N-])n(-c5ccccc5)c4=O)cc3F)ccnc2c1. The lowest BCUT2D eigenvalue weighted by molar-refractivity contribution is 0.0991. The summed E-state index contributed by atoms with van der Waals surface area (Å²) in [5.41, 5.74) is 10.3. The lowest BCUT2D eigenvalue weighted by Crippen LogP contribution is -2.26. The second-order valence-electron chi connectivity index (χ2n) is 9.71. The standard InChI is InChI=1S/C31H27FN6O4/c1-19(35-36-33)18-37-20(2)30(31(40)38(37)22-7-5-4-6-8-22)27(39)16-21-9-12-29(25(32)15-21)42-28-13-14-34-26-17-23(41-3)10-11-24(26)28/h4-15,17,19H,16,18H2,1-3H3/t19-/m0/s1. The predicted octanol–water partition coefficient (Wildman–Crippen LogP) is 6.56. The molecule has 0 unspecified atom stereocenters. The molecule has 0 fully saturated rings. The number of ether oxygens (including phenoxy) is 2. The van der Waals surface area contributed by atoms with Gasteiger partial charge < -0.3 is 9.47 Å². The Morgan fingerprint density at radius 3 is 2.60 bits per heavy atom. The average molecular weight is 567 g/mol. The molecule has 0 N–H and O–H groups in total. The van der Waals surface area contributed by atoms with Crippen molar-refractivity contribution in [3.63, 3.8) is 0 Å².